The van der Waals surface area contributed by atoms with Crippen molar-refractivity contribution in [1.29, 1.82) is 0 Å². The van der Waals surface area contributed by atoms with Crippen LogP contribution in [0.2, 0.25) is 0 Å². The van der Waals surface area contributed by atoms with Gasteiger partial charge in [0, 0.05) is 6.42 Å². The predicted octanol–water partition coefficient (Wildman–Crippen LogP) is 5.17. The molecule has 1 amide bonds. The zero-order valence-electron chi connectivity index (χ0n) is 23.1. The Kier molecular flexibility index (Phi) is 11.0. The third-order valence-electron chi connectivity index (χ3n) is 5.20. The average Bonchev–Trinajstić information content (AvgIpc) is 2.80. The Balaban J connectivity index is 2.22. The summed E-state index contributed by atoms with van der Waals surface area (Å²) in [5.74, 6) is -2.82. The van der Waals surface area contributed by atoms with Crippen molar-refractivity contribution >= 4 is 23.8 Å². The molecule has 0 aliphatic rings. The fourth-order valence-electron chi connectivity index (χ4n) is 3.60. The van der Waals surface area contributed by atoms with Gasteiger partial charge >= 0.3 is 18.0 Å². The number of amides is 1. The minimum absolute atomic E-state index is 0.00227. The van der Waals surface area contributed by atoms with Gasteiger partial charge in [-0.1, -0.05) is 60.7 Å². The van der Waals surface area contributed by atoms with Gasteiger partial charge in [0.25, 0.3) is 0 Å². The number of ketones is 1. The van der Waals surface area contributed by atoms with Crippen LogP contribution in [0.1, 0.15) is 65.5 Å². The van der Waals surface area contributed by atoms with E-state index in [1.54, 1.807) is 41.5 Å². The molecule has 0 spiro atoms. The van der Waals surface area contributed by atoms with E-state index in [0.717, 1.165) is 11.1 Å². The molecule has 2 rings (SSSR count). The summed E-state index contributed by atoms with van der Waals surface area (Å²) in [7, 11) is 0. The number of Topliss-reactive ketones (excluding diaryl/α,β-unsaturated/α-hetero) is 1. The molecule has 1 N–H and O–H groups in total. The lowest BCUT2D eigenvalue weighted by Gasteiger charge is -2.25. The van der Waals surface area contributed by atoms with Crippen LogP contribution in [0, 0.1) is 5.92 Å². The summed E-state index contributed by atoms with van der Waals surface area (Å²) in [5.41, 5.74) is 0.0764. The van der Waals surface area contributed by atoms with Crippen molar-refractivity contribution in [2.75, 3.05) is 0 Å². The zero-order valence-corrected chi connectivity index (χ0v) is 23.1. The molecule has 0 bridgehead atoms. The van der Waals surface area contributed by atoms with E-state index in [-0.39, 0.29) is 25.9 Å². The zero-order chi connectivity index (χ0) is 28.3. The van der Waals surface area contributed by atoms with Crippen molar-refractivity contribution < 1.29 is 33.4 Å². The van der Waals surface area contributed by atoms with Gasteiger partial charge in [0.15, 0.2) is 5.78 Å². The molecule has 0 aliphatic carbocycles. The Bertz CT molecular complexity index is 1070. The van der Waals surface area contributed by atoms with Crippen molar-refractivity contribution in [2.45, 2.75) is 84.7 Å². The first-order chi connectivity index (χ1) is 17.7. The molecule has 0 saturated carbocycles. The summed E-state index contributed by atoms with van der Waals surface area (Å²) >= 11 is 0. The van der Waals surface area contributed by atoms with Crippen molar-refractivity contribution in [1.82, 2.24) is 5.32 Å². The molecular weight excluding hydrogens is 486 g/mol. The minimum Gasteiger partial charge on any atom is -0.461 e. The minimum atomic E-state index is -1.08. The van der Waals surface area contributed by atoms with Gasteiger partial charge in [-0.2, -0.15) is 0 Å². The largest absolute Gasteiger partial charge is 0.461 e. The first-order valence-electron chi connectivity index (χ1n) is 12.7. The van der Waals surface area contributed by atoms with Gasteiger partial charge in [0.05, 0.1) is 18.4 Å². The van der Waals surface area contributed by atoms with Gasteiger partial charge in [-0.25, -0.2) is 4.79 Å². The van der Waals surface area contributed by atoms with Crippen molar-refractivity contribution in [2.24, 2.45) is 5.92 Å². The van der Waals surface area contributed by atoms with E-state index in [1.807, 2.05) is 60.7 Å². The van der Waals surface area contributed by atoms with E-state index >= 15 is 0 Å². The highest BCUT2D eigenvalue weighted by atomic mass is 16.6. The summed E-state index contributed by atoms with van der Waals surface area (Å²) in [6, 6.07) is 17.3. The third-order valence-corrected chi connectivity index (χ3v) is 5.20. The molecule has 38 heavy (non-hydrogen) atoms. The van der Waals surface area contributed by atoms with Crippen LogP contribution in [0.5, 0.6) is 0 Å². The van der Waals surface area contributed by atoms with Crippen LogP contribution in [0.3, 0.4) is 0 Å². The first kappa shape index (κ1) is 30.5. The molecular formula is C30H39NO7. The Morgan fingerprint density at radius 3 is 1.79 bits per heavy atom. The number of benzene rings is 2. The van der Waals surface area contributed by atoms with E-state index in [2.05, 4.69) is 5.32 Å². The second kappa shape index (κ2) is 13.7. The van der Waals surface area contributed by atoms with Gasteiger partial charge in [-0.3, -0.25) is 14.4 Å². The molecule has 8 nitrogen and oxygen atoms in total. The Hall–Kier alpha value is -3.68. The molecule has 0 heterocycles. The highest BCUT2D eigenvalue weighted by Gasteiger charge is 2.33. The number of nitrogens with one attached hydrogen (secondary N) is 1. The van der Waals surface area contributed by atoms with Crippen LogP contribution in [0.15, 0.2) is 60.7 Å². The van der Waals surface area contributed by atoms with Crippen LogP contribution in [0.25, 0.3) is 0 Å². The second-order valence-corrected chi connectivity index (χ2v) is 11.1. The quantitative estimate of drug-likeness (QED) is 0.318. The molecule has 0 aromatic heterocycles. The Morgan fingerprint density at radius 2 is 1.26 bits per heavy atom. The van der Waals surface area contributed by atoms with Gasteiger partial charge in [-0.05, 0) is 59.1 Å². The molecule has 2 aromatic carbocycles. The lowest BCUT2D eigenvalue weighted by atomic mass is 9.92. The number of esters is 2. The van der Waals surface area contributed by atoms with Crippen molar-refractivity contribution in [3.63, 3.8) is 0 Å². The number of hydrogen-bond donors (Lipinski definition) is 1. The van der Waals surface area contributed by atoms with Gasteiger partial charge < -0.3 is 19.5 Å². The second-order valence-electron chi connectivity index (χ2n) is 11.1. The normalized spacial score (nSPS) is 13.1. The van der Waals surface area contributed by atoms with E-state index in [1.165, 1.54) is 0 Å². The molecule has 0 radical (unpaired) electrons. The molecule has 0 fully saturated rings. The van der Waals surface area contributed by atoms with Crippen LogP contribution in [-0.4, -0.2) is 41.1 Å². The summed E-state index contributed by atoms with van der Waals surface area (Å²) in [4.78, 5) is 51.6. The molecule has 0 unspecified atom stereocenters. The third kappa shape index (κ3) is 12.0. The van der Waals surface area contributed by atoms with Crippen LogP contribution in [-0.2, 0) is 41.6 Å². The number of carbonyl (C=O) groups excluding carboxylic acids is 4. The average molecular weight is 526 g/mol. The maximum Gasteiger partial charge on any atom is 0.408 e. The van der Waals surface area contributed by atoms with Crippen LogP contribution in [0.4, 0.5) is 4.79 Å². The fraction of sp³-hybridized carbons (Fsp3) is 0.467. The maximum atomic E-state index is 13.5. The predicted molar refractivity (Wildman–Crippen MR) is 143 cm³/mol. The number of rotatable bonds is 11. The number of carbonyl (C=O) groups is 4. The van der Waals surface area contributed by atoms with Gasteiger partial charge in [-0.15, -0.1) is 0 Å². The highest BCUT2D eigenvalue weighted by Crippen LogP contribution is 2.20. The highest BCUT2D eigenvalue weighted by molar-refractivity contribution is 5.92. The Labute approximate surface area is 225 Å². The smallest absolute Gasteiger partial charge is 0.408 e. The number of ether oxygens (including phenoxy) is 3. The monoisotopic (exact) mass is 525 g/mol. The SMILES string of the molecule is CC(C)(C)OC(=O)C[C@@H](CC(=O)[C@@H](Cc1ccccc1)NC(=O)OC(C)(C)C)C(=O)OCc1ccccc1. The van der Waals surface area contributed by atoms with E-state index in [4.69, 9.17) is 14.2 Å². The first-order valence-corrected chi connectivity index (χ1v) is 12.7. The molecule has 2 atom stereocenters. The lowest BCUT2D eigenvalue weighted by molar-refractivity contribution is -0.162. The summed E-state index contributed by atoms with van der Waals surface area (Å²) in [6.07, 6.45) is -1.21. The standard InChI is InChI=1S/C30H39NO7/c1-29(2,3)37-26(33)19-23(27(34)36-20-22-15-11-8-12-16-22)18-25(32)24(17-21-13-9-7-10-14-21)31-28(35)38-30(4,5)6/h7-16,23-24H,17-20H2,1-6H3,(H,31,35)/t23-,24-/m1/s1. The molecule has 8 heteroatoms. The van der Waals surface area contributed by atoms with Crippen LogP contribution >= 0.6 is 0 Å². The number of hydrogen-bond acceptors (Lipinski definition) is 7. The van der Waals surface area contributed by atoms with Crippen molar-refractivity contribution in [3.8, 4) is 0 Å². The summed E-state index contributed by atoms with van der Waals surface area (Å²) in [5, 5.41) is 2.64. The summed E-state index contributed by atoms with van der Waals surface area (Å²) in [6.45, 7) is 10.3. The van der Waals surface area contributed by atoms with E-state index < -0.39 is 47.0 Å². The molecule has 2 aromatic rings. The van der Waals surface area contributed by atoms with Crippen LogP contribution < -0.4 is 5.32 Å². The summed E-state index contributed by atoms with van der Waals surface area (Å²) < 4.78 is 16.2. The number of alkyl carbamates (subject to hydrolysis) is 1. The topological polar surface area (TPSA) is 108 Å². The molecule has 0 saturated heterocycles. The lowest BCUT2D eigenvalue weighted by Crippen LogP contribution is -2.45. The van der Waals surface area contributed by atoms with Crippen molar-refractivity contribution in [3.05, 3.63) is 71.8 Å². The Morgan fingerprint density at radius 1 is 0.737 bits per heavy atom. The fourth-order valence-corrected chi connectivity index (χ4v) is 3.60. The van der Waals surface area contributed by atoms with Gasteiger partial charge in [0.1, 0.15) is 17.8 Å². The molecule has 206 valence electrons. The van der Waals surface area contributed by atoms with Gasteiger partial charge in [0.2, 0.25) is 0 Å². The maximum absolute atomic E-state index is 13.5. The van der Waals surface area contributed by atoms with E-state index in [9.17, 15) is 19.2 Å². The molecule has 0 aliphatic heterocycles. The van der Waals surface area contributed by atoms with E-state index in [0.29, 0.717) is 0 Å².